The van der Waals surface area contributed by atoms with Gasteiger partial charge in [-0.15, -0.1) is 0 Å². The van der Waals surface area contributed by atoms with Gasteiger partial charge in [0.05, 0.1) is 12.7 Å². The Morgan fingerprint density at radius 1 is 1.17 bits per heavy atom. The van der Waals surface area contributed by atoms with E-state index in [2.05, 4.69) is 38.6 Å². The Morgan fingerprint density at radius 3 is 2.63 bits per heavy atom. The van der Waals surface area contributed by atoms with Crippen molar-refractivity contribution in [3.63, 3.8) is 0 Å². The maximum atomic E-state index is 12.5. The van der Waals surface area contributed by atoms with Crippen LogP contribution in [0.15, 0.2) is 47.7 Å². The predicted octanol–water partition coefficient (Wildman–Crippen LogP) is 1.33. The second-order valence-corrected chi connectivity index (χ2v) is 7.75. The molecule has 4 rings (SSSR count). The number of hydrogen-bond donors (Lipinski definition) is 1. The topological polar surface area (TPSA) is 75.0 Å². The highest BCUT2D eigenvalue weighted by atomic mass is 16.5. The fraction of sp³-hybridized carbons (Fsp3) is 0.500. The van der Waals surface area contributed by atoms with Crippen molar-refractivity contribution in [3.8, 4) is 0 Å². The zero-order chi connectivity index (χ0) is 20.8. The van der Waals surface area contributed by atoms with Crippen LogP contribution in [0.2, 0.25) is 0 Å². The van der Waals surface area contributed by atoms with Gasteiger partial charge in [0.2, 0.25) is 0 Å². The molecule has 0 spiro atoms. The van der Waals surface area contributed by atoms with Gasteiger partial charge in [0.15, 0.2) is 5.96 Å². The molecular formula is C22H30N6O2. The lowest BCUT2D eigenvalue weighted by molar-refractivity contribution is -0.142. The Labute approximate surface area is 177 Å². The minimum Gasteiger partial charge on any atom is -0.368 e. The molecule has 0 saturated carbocycles. The Bertz CT molecular complexity index is 852. The van der Waals surface area contributed by atoms with Gasteiger partial charge in [-0.05, 0) is 18.4 Å². The number of carbonyl (C=O) groups is 1. The second kappa shape index (κ2) is 9.75. The predicted molar refractivity (Wildman–Crippen MR) is 115 cm³/mol. The van der Waals surface area contributed by atoms with Crippen LogP contribution >= 0.6 is 0 Å². The average molecular weight is 411 g/mol. The summed E-state index contributed by atoms with van der Waals surface area (Å²) in [5.41, 5.74) is 2.34. The molecule has 1 aromatic heterocycles. The third kappa shape index (κ3) is 4.99. The molecule has 1 amide bonds. The summed E-state index contributed by atoms with van der Waals surface area (Å²) in [7, 11) is 1.80. The van der Waals surface area contributed by atoms with Crippen LogP contribution in [-0.2, 0) is 22.6 Å². The lowest BCUT2D eigenvalue weighted by Gasteiger charge is -2.37. The number of hydrogen-bond acceptors (Lipinski definition) is 4. The van der Waals surface area contributed by atoms with Gasteiger partial charge < -0.3 is 19.9 Å². The largest absolute Gasteiger partial charge is 0.368 e. The molecule has 8 heteroatoms. The van der Waals surface area contributed by atoms with Gasteiger partial charge in [0, 0.05) is 58.1 Å². The molecule has 1 atom stereocenters. The Morgan fingerprint density at radius 2 is 1.93 bits per heavy atom. The minimum absolute atomic E-state index is 0.140. The number of aliphatic imine (C=N–C) groups is 1. The van der Waals surface area contributed by atoms with E-state index in [1.165, 1.54) is 5.56 Å². The standard InChI is InChI=1S/C22H30N6O2/c1-23-22(27-11-9-26(10-12-27)21(29)20-8-5-13-30-20)24-14-19-15-25-28(17-19)16-18-6-3-2-4-7-18/h2-4,6-7,15,17,20H,5,8-14,16H2,1H3,(H,23,24). The normalized spacial score (nSPS) is 19.9. The first-order valence-corrected chi connectivity index (χ1v) is 10.6. The molecule has 1 aromatic carbocycles. The monoisotopic (exact) mass is 410 g/mol. The maximum absolute atomic E-state index is 12.5. The summed E-state index contributed by atoms with van der Waals surface area (Å²) in [6, 6.07) is 10.3. The zero-order valence-corrected chi connectivity index (χ0v) is 17.5. The molecule has 0 radical (unpaired) electrons. The number of aromatic nitrogens is 2. The summed E-state index contributed by atoms with van der Waals surface area (Å²) >= 11 is 0. The highest BCUT2D eigenvalue weighted by molar-refractivity contribution is 5.82. The summed E-state index contributed by atoms with van der Waals surface area (Å²) in [5, 5.41) is 7.89. The van der Waals surface area contributed by atoms with Crippen LogP contribution in [0.25, 0.3) is 0 Å². The number of nitrogens with one attached hydrogen (secondary N) is 1. The summed E-state index contributed by atoms with van der Waals surface area (Å²) in [4.78, 5) is 21.1. The quantitative estimate of drug-likeness (QED) is 0.595. The molecule has 1 N–H and O–H groups in total. The number of benzene rings is 1. The van der Waals surface area contributed by atoms with Crippen molar-refractivity contribution in [1.82, 2.24) is 24.9 Å². The Balaban J connectivity index is 1.25. The number of carbonyl (C=O) groups excluding carboxylic acids is 1. The molecule has 30 heavy (non-hydrogen) atoms. The van der Waals surface area contributed by atoms with Crippen LogP contribution in [0, 0.1) is 0 Å². The molecule has 8 nitrogen and oxygen atoms in total. The highest BCUT2D eigenvalue weighted by Gasteiger charge is 2.30. The summed E-state index contributed by atoms with van der Waals surface area (Å²) in [6.07, 6.45) is 5.54. The fourth-order valence-corrected chi connectivity index (χ4v) is 3.98. The molecule has 0 aliphatic carbocycles. The number of guanidine groups is 1. The van der Waals surface area contributed by atoms with Gasteiger partial charge in [-0.25, -0.2) is 0 Å². The van der Waals surface area contributed by atoms with Crippen molar-refractivity contribution in [2.75, 3.05) is 39.8 Å². The van der Waals surface area contributed by atoms with Crippen LogP contribution in [0.4, 0.5) is 0 Å². The van der Waals surface area contributed by atoms with Crippen LogP contribution in [0.1, 0.15) is 24.0 Å². The molecule has 3 heterocycles. The van der Waals surface area contributed by atoms with E-state index < -0.39 is 0 Å². The van der Waals surface area contributed by atoms with E-state index in [1.54, 1.807) is 7.05 Å². The number of piperazine rings is 1. The zero-order valence-electron chi connectivity index (χ0n) is 17.5. The van der Waals surface area contributed by atoms with Crippen molar-refractivity contribution in [2.24, 2.45) is 4.99 Å². The molecule has 2 aliphatic heterocycles. The van der Waals surface area contributed by atoms with Crippen molar-refractivity contribution in [3.05, 3.63) is 53.9 Å². The number of nitrogens with zero attached hydrogens (tertiary/aromatic N) is 5. The number of ether oxygens (including phenoxy) is 1. The smallest absolute Gasteiger partial charge is 0.251 e. The lowest BCUT2D eigenvalue weighted by Crippen LogP contribution is -2.55. The summed E-state index contributed by atoms with van der Waals surface area (Å²) < 4.78 is 7.49. The first-order chi connectivity index (χ1) is 14.7. The van der Waals surface area contributed by atoms with E-state index in [0.717, 1.165) is 44.0 Å². The molecule has 1 unspecified atom stereocenters. The van der Waals surface area contributed by atoms with Gasteiger partial charge in [-0.3, -0.25) is 14.5 Å². The molecule has 2 fully saturated rings. The number of amides is 1. The van der Waals surface area contributed by atoms with Crippen molar-refractivity contribution < 1.29 is 9.53 Å². The van der Waals surface area contributed by atoms with Gasteiger partial charge in [-0.2, -0.15) is 5.10 Å². The lowest BCUT2D eigenvalue weighted by atomic mass is 10.2. The van der Waals surface area contributed by atoms with E-state index in [-0.39, 0.29) is 12.0 Å². The Kier molecular flexibility index (Phi) is 6.63. The minimum atomic E-state index is -0.235. The van der Waals surface area contributed by atoms with E-state index >= 15 is 0 Å². The van der Waals surface area contributed by atoms with E-state index in [0.29, 0.717) is 26.2 Å². The molecular weight excluding hydrogens is 380 g/mol. The van der Waals surface area contributed by atoms with E-state index in [9.17, 15) is 4.79 Å². The van der Waals surface area contributed by atoms with Crippen molar-refractivity contribution in [2.45, 2.75) is 32.0 Å². The van der Waals surface area contributed by atoms with Gasteiger partial charge in [0.25, 0.3) is 5.91 Å². The van der Waals surface area contributed by atoms with Crippen LogP contribution in [-0.4, -0.2) is 77.4 Å². The van der Waals surface area contributed by atoms with Crippen LogP contribution in [0.5, 0.6) is 0 Å². The van der Waals surface area contributed by atoms with Crippen LogP contribution in [0.3, 0.4) is 0 Å². The first-order valence-electron chi connectivity index (χ1n) is 10.6. The SMILES string of the molecule is CN=C(NCc1cnn(Cc2ccccc2)c1)N1CCN(C(=O)C2CCCO2)CC1. The van der Waals surface area contributed by atoms with E-state index in [4.69, 9.17) is 4.74 Å². The van der Waals surface area contributed by atoms with E-state index in [1.807, 2.05) is 34.0 Å². The first kappa shape index (κ1) is 20.4. The molecule has 0 bridgehead atoms. The Hall–Kier alpha value is -2.87. The number of rotatable bonds is 5. The van der Waals surface area contributed by atoms with Gasteiger partial charge >= 0.3 is 0 Å². The molecule has 160 valence electrons. The summed E-state index contributed by atoms with van der Waals surface area (Å²) in [5.74, 6) is 0.996. The van der Waals surface area contributed by atoms with Gasteiger partial charge in [-0.1, -0.05) is 30.3 Å². The molecule has 2 aliphatic rings. The third-order valence-corrected chi connectivity index (χ3v) is 5.63. The molecule has 2 saturated heterocycles. The van der Waals surface area contributed by atoms with Crippen molar-refractivity contribution >= 4 is 11.9 Å². The second-order valence-electron chi connectivity index (χ2n) is 7.75. The third-order valence-electron chi connectivity index (χ3n) is 5.63. The maximum Gasteiger partial charge on any atom is 0.251 e. The molecule has 2 aromatic rings. The van der Waals surface area contributed by atoms with Crippen molar-refractivity contribution in [1.29, 1.82) is 0 Å². The highest BCUT2D eigenvalue weighted by Crippen LogP contribution is 2.16. The summed E-state index contributed by atoms with van der Waals surface area (Å²) in [6.45, 7) is 5.07. The van der Waals surface area contributed by atoms with Crippen LogP contribution < -0.4 is 5.32 Å². The van der Waals surface area contributed by atoms with Gasteiger partial charge in [0.1, 0.15) is 6.10 Å². The fourth-order valence-electron chi connectivity index (χ4n) is 3.98. The average Bonchev–Trinajstić information content (AvgIpc) is 3.47.